The van der Waals surface area contributed by atoms with E-state index >= 15 is 0 Å². The standard InChI is InChI=1S/C17H32N2/c1-13-8-9-17(12-18,11-14(13)2)19-10-4-6-15-5-3-7-16(15)19/h13-16H,3-12,18H2,1-2H3. The number of piperidine rings is 1. The maximum absolute atomic E-state index is 6.32. The predicted molar refractivity (Wildman–Crippen MR) is 81.0 cm³/mol. The van der Waals surface area contributed by atoms with Crippen LogP contribution in [-0.4, -0.2) is 29.6 Å². The fraction of sp³-hybridized carbons (Fsp3) is 1.00. The first-order valence-electron chi connectivity index (χ1n) is 8.63. The zero-order valence-corrected chi connectivity index (χ0v) is 12.9. The van der Waals surface area contributed by atoms with Crippen molar-refractivity contribution in [2.75, 3.05) is 13.1 Å². The molecule has 1 saturated heterocycles. The van der Waals surface area contributed by atoms with Crippen molar-refractivity contribution in [2.24, 2.45) is 23.5 Å². The van der Waals surface area contributed by atoms with Gasteiger partial charge in [-0.2, -0.15) is 0 Å². The lowest BCUT2D eigenvalue weighted by atomic mass is 9.69. The summed E-state index contributed by atoms with van der Waals surface area (Å²) in [6, 6.07) is 0.873. The average molecular weight is 264 g/mol. The van der Waals surface area contributed by atoms with E-state index in [0.29, 0.717) is 5.54 Å². The van der Waals surface area contributed by atoms with Crippen LogP contribution in [0.25, 0.3) is 0 Å². The summed E-state index contributed by atoms with van der Waals surface area (Å²) in [7, 11) is 0. The third kappa shape index (κ3) is 2.35. The summed E-state index contributed by atoms with van der Waals surface area (Å²) in [5, 5.41) is 0. The molecule has 0 aromatic carbocycles. The molecule has 1 heterocycles. The first kappa shape index (κ1) is 13.9. The lowest BCUT2D eigenvalue weighted by Crippen LogP contribution is -2.62. The molecule has 2 nitrogen and oxygen atoms in total. The quantitative estimate of drug-likeness (QED) is 0.828. The highest BCUT2D eigenvalue weighted by Gasteiger charge is 2.47. The molecule has 0 bridgehead atoms. The van der Waals surface area contributed by atoms with E-state index in [9.17, 15) is 0 Å². The Hall–Kier alpha value is -0.0800. The first-order valence-corrected chi connectivity index (χ1v) is 8.63. The highest BCUT2D eigenvalue weighted by molar-refractivity contribution is 5.03. The first-order chi connectivity index (χ1) is 9.16. The molecule has 3 fully saturated rings. The van der Waals surface area contributed by atoms with Crippen molar-refractivity contribution >= 4 is 0 Å². The van der Waals surface area contributed by atoms with Crippen LogP contribution in [0.3, 0.4) is 0 Å². The monoisotopic (exact) mass is 264 g/mol. The highest BCUT2D eigenvalue weighted by Crippen LogP contribution is 2.46. The van der Waals surface area contributed by atoms with Crippen molar-refractivity contribution in [1.82, 2.24) is 4.90 Å². The van der Waals surface area contributed by atoms with E-state index in [1.165, 1.54) is 57.9 Å². The number of nitrogens with two attached hydrogens (primary N) is 1. The number of hydrogen-bond acceptors (Lipinski definition) is 2. The second kappa shape index (κ2) is 5.37. The Labute approximate surface area is 119 Å². The van der Waals surface area contributed by atoms with Crippen LogP contribution in [0.4, 0.5) is 0 Å². The molecule has 5 atom stereocenters. The van der Waals surface area contributed by atoms with Gasteiger partial charge in [0.15, 0.2) is 0 Å². The topological polar surface area (TPSA) is 29.3 Å². The van der Waals surface area contributed by atoms with Gasteiger partial charge < -0.3 is 5.73 Å². The van der Waals surface area contributed by atoms with Crippen molar-refractivity contribution in [3.05, 3.63) is 0 Å². The lowest BCUT2D eigenvalue weighted by molar-refractivity contribution is -0.0385. The Kier molecular flexibility index (Phi) is 3.92. The van der Waals surface area contributed by atoms with Gasteiger partial charge in [-0.15, -0.1) is 0 Å². The van der Waals surface area contributed by atoms with Gasteiger partial charge in [-0.1, -0.05) is 20.3 Å². The SMILES string of the molecule is CC1CCC(CN)(N2CCCC3CCCC32)CC1C. The summed E-state index contributed by atoms with van der Waals surface area (Å²) in [5.41, 5.74) is 6.66. The fourth-order valence-corrected chi connectivity index (χ4v) is 5.29. The van der Waals surface area contributed by atoms with Gasteiger partial charge >= 0.3 is 0 Å². The van der Waals surface area contributed by atoms with Gasteiger partial charge in [0.25, 0.3) is 0 Å². The van der Waals surface area contributed by atoms with Gasteiger partial charge in [0, 0.05) is 18.1 Å². The molecule has 0 aromatic heterocycles. The van der Waals surface area contributed by atoms with Crippen molar-refractivity contribution in [1.29, 1.82) is 0 Å². The molecule has 0 amide bonds. The minimum Gasteiger partial charge on any atom is -0.329 e. The minimum absolute atomic E-state index is 0.347. The molecular weight excluding hydrogens is 232 g/mol. The van der Waals surface area contributed by atoms with Crippen LogP contribution >= 0.6 is 0 Å². The zero-order chi connectivity index (χ0) is 13.5. The van der Waals surface area contributed by atoms with Crippen LogP contribution in [0.1, 0.15) is 65.2 Å². The van der Waals surface area contributed by atoms with E-state index in [1.54, 1.807) is 0 Å². The molecule has 2 saturated carbocycles. The van der Waals surface area contributed by atoms with E-state index in [-0.39, 0.29) is 0 Å². The van der Waals surface area contributed by atoms with E-state index in [0.717, 1.165) is 30.3 Å². The normalized spacial score (nSPS) is 48.2. The van der Waals surface area contributed by atoms with Gasteiger partial charge in [0.05, 0.1) is 0 Å². The number of rotatable bonds is 2. The van der Waals surface area contributed by atoms with Gasteiger partial charge in [0.2, 0.25) is 0 Å². The molecule has 2 aliphatic carbocycles. The minimum atomic E-state index is 0.347. The second-order valence-electron chi connectivity index (χ2n) is 7.72. The van der Waals surface area contributed by atoms with Gasteiger partial charge in [-0.25, -0.2) is 0 Å². The molecular formula is C17H32N2. The summed E-state index contributed by atoms with van der Waals surface area (Å²) in [4.78, 5) is 2.90. The maximum atomic E-state index is 6.32. The van der Waals surface area contributed by atoms with Crippen molar-refractivity contribution in [2.45, 2.75) is 76.8 Å². The number of hydrogen-bond donors (Lipinski definition) is 1. The summed E-state index contributed by atoms with van der Waals surface area (Å²) in [5.74, 6) is 2.73. The van der Waals surface area contributed by atoms with Crippen LogP contribution in [-0.2, 0) is 0 Å². The summed E-state index contributed by atoms with van der Waals surface area (Å²) >= 11 is 0. The molecule has 19 heavy (non-hydrogen) atoms. The Balaban J connectivity index is 1.80. The maximum Gasteiger partial charge on any atom is 0.0337 e. The smallest absolute Gasteiger partial charge is 0.0337 e. The Bertz CT molecular complexity index is 316. The molecule has 0 radical (unpaired) electrons. The number of likely N-dealkylation sites (tertiary alicyclic amines) is 1. The third-order valence-corrected chi connectivity index (χ3v) is 6.72. The Morgan fingerprint density at radius 2 is 1.84 bits per heavy atom. The summed E-state index contributed by atoms with van der Waals surface area (Å²) < 4.78 is 0. The second-order valence-corrected chi connectivity index (χ2v) is 7.72. The molecule has 1 aliphatic heterocycles. The summed E-state index contributed by atoms with van der Waals surface area (Å²) in [6.07, 6.45) is 11.3. The van der Waals surface area contributed by atoms with Gasteiger partial charge in [-0.05, 0) is 69.2 Å². The van der Waals surface area contributed by atoms with Crippen molar-refractivity contribution < 1.29 is 0 Å². The summed E-state index contributed by atoms with van der Waals surface area (Å²) in [6.45, 7) is 7.08. The Morgan fingerprint density at radius 1 is 1.05 bits per heavy atom. The van der Waals surface area contributed by atoms with E-state index in [2.05, 4.69) is 18.7 Å². The average Bonchev–Trinajstić information content (AvgIpc) is 2.90. The van der Waals surface area contributed by atoms with Crippen LogP contribution in [0.2, 0.25) is 0 Å². The molecule has 3 rings (SSSR count). The van der Waals surface area contributed by atoms with E-state index < -0.39 is 0 Å². The third-order valence-electron chi connectivity index (χ3n) is 6.72. The molecule has 0 aromatic rings. The molecule has 2 N–H and O–H groups in total. The van der Waals surface area contributed by atoms with Crippen LogP contribution in [0, 0.1) is 17.8 Å². The lowest BCUT2D eigenvalue weighted by Gasteiger charge is -2.54. The molecule has 3 aliphatic rings. The number of fused-ring (bicyclic) bond motifs is 1. The predicted octanol–water partition coefficient (Wildman–Crippen LogP) is 3.40. The highest BCUT2D eigenvalue weighted by atomic mass is 15.3. The molecule has 5 unspecified atom stereocenters. The van der Waals surface area contributed by atoms with Crippen LogP contribution < -0.4 is 5.73 Å². The van der Waals surface area contributed by atoms with E-state index in [4.69, 9.17) is 5.73 Å². The largest absolute Gasteiger partial charge is 0.329 e. The Morgan fingerprint density at radius 3 is 2.58 bits per heavy atom. The van der Waals surface area contributed by atoms with Crippen molar-refractivity contribution in [3.63, 3.8) is 0 Å². The zero-order valence-electron chi connectivity index (χ0n) is 12.9. The number of nitrogens with zero attached hydrogens (tertiary/aromatic N) is 1. The van der Waals surface area contributed by atoms with Crippen LogP contribution in [0.15, 0.2) is 0 Å². The fourth-order valence-electron chi connectivity index (χ4n) is 5.29. The molecule has 110 valence electrons. The van der Waals surface area contributed by atoms with Crippen LogP contribution in [0.5, 0.6) is 0 Å². The van der Waals surface area contributed by atoms with Gasteiger partial charge in [0.1, 0.15) is 0 Å². The molecule has 2 heteroatoms. The van der Waals surface area contributed by atoms with Crippen molar-refractivity contribution in [3.8, 4) is 0 Å². The molecule has 0 spiro atoms. The van der Waals surface area contributed by atoms with Gasteiger partial charge in [-0.3, -0.25) is 4.90 Å². The van der Waals surface area contributed by atoms with E-state index in [1.807, 2.05) is 0 Å².